The summed E-state index contributed by atoms with van der Waals surface area (Å²) >= 11 is 0. The molecule has 1 aliphatic heterocycles. The number of carbonyl (C=O) groups excluding carboxylic acids is 1. The molecular formula is C21H25N3O2. The Kier molecular flexibility index (Phi) is 4.89. The zero-order valence-corrected chi connectivity index (χ0v) is 15.2. The highest BCUT2D eigenvalue weighted by atomic mass is 16.5. The van der Waals surface area contributed by atoms with Crippen molar-refractivity contribution in [3.8, 4) is 11.6 Å². The third-order valence-corrected chi connectivity index (χ3v) is 5.23. The molecule has 1 saturated carbocycles. The predicted molar refractivity (Wildman–Crippen MR) is 101 cm³/mol. The summed E-state index contributed by atoms with van der Waals surface area (Å²) in [5.74, 6) is 2.10. The first-order valence-electron chi connectivity index (χ1n) is 9.41. The predicted octanol–water partition coefficient (Wildman–Crippen LogP) is 3.04. The quantitative estimate of drug-likeness (QED) is 0.900. The van der Waals surface area contributed by atoms with Crippen LogP contribution in [-0.4, -0.2) is 42.5 Å². The molecule has 0 atom stereocenters. The summed E-state index contributed by atoms with van der Waals surface area (Å²) in [6.07, 6.45) is 6.54. The van der Waals surface area contributed by atoms with Gasteiger partial charge in [-0.1, -0.05) is 6.07 Å². The molecule has 1 aromatic carbocycles. The van der Waals surface area contributed by atoms with Gasteiger partial charge in [0.15, 0.2) is 0 Å². The molecule has 5 heteroatoms. The van der Waals surface area contributed by atoms with Crippen molar-refractivity contribution in [2.75, 3.05) is 26.7 Å². The van der Waals surface area contributed by atoms with Gasteiger partial charge in [-0.25, -0.2) is 4.98 Å². The lowest BCUT2D eigenvalue weighted by molar-refractivity contribution is 0.0962. The number of fused-ring (bicyclic) bond motifs is 1. The van der Waals surface area contributed by atoms with Gasteiger partial charge < -0.3 is 15.0 Å². The molecule has 0 radical (unpaired) electrons. The van der Waals surface area contributed by atoms with E-state index < -0.39 is 0 Å². The van der Waals surface area contributed by atoms with Crippen LogP contribution in [0.4, 0.5) is 0 Å². The van der Waals surface area contributed by atoms with Crippen LogP contribution >= 0.6 is 0 Å². The first-order valence-corrected chi connectivity index (χ1v) is 9.41. The highest BCUT2D eigenvalue weighted by molar-refractivity contribution is 5.93. The Hall–Kier alpha value is -2.40. The minimum Gasteiger partial charge on any atom is -0.439 e. The summed E-state index contributed by atoms with van der Waals surface area (Å²) in [6, 6.07) is 9.80. The van der Waals surface area contributed by atoms with E-state index in [0.717, 1.165) is 37.6 Å². The van der Waals surface area contributed by atoms with Gasteiger partial charge in [0.25, 0.3) is 5.91 Å². The third-order valence-electron chi connectivity index (χ3n) is 5.23. The number of nitrogens with zero attached hydrogens (tertiary/aromatic N) is 2. The summed E-state index contributed by atoms with van der Waals surface area (Å²) in [4.78, 5) is 18.4. The molecular weight excluding hydrogens is 326 g/mol. The van der Waals surface area contributed by atoms with E-state index >= 15 is 0 Å². The molecule has 0 spiro atoms. The van der Waals surface area contributed by atoms with E-state index in [9.17, 15) is 4.79 Å². The van der Waals surface area contributed by atoms with Crippen molar-refractivity contribution in [3.05, 3.63) is 53.2 Å². The maximum atomic E-state index is 11.6. The second kappa shape index (κ2) is 7.46. The van der Waals surface area contributed by atoms with E-state index in [1.165, 1.54) is 36.7 Å². The number of hydrogen-bond donors (Lipinski definition) is 1. The Morgan fingerprint density at radius 1 is 1.19 bits per heavy atom. The van der Waals surface area contributed by atoms with E-state index in [-0.39, 0.29) is 5.91 Å². The van der Waals surface area contributed by atoms with E-state index in [1.807, 2.05) is 6.07 Å². The maximum absolute atomic E-state index is 11.6. The van der Waals surface area contributed by atoms with Crippen LogP contribution in [0.1, 0.15) is 34.3 Å². The minimum absolute atomic E-state index is 0.148. The van der Waals surface area contributed by atoms with Crippen LogP contribution in [0.25, 0.3) is 0 Å². The van der Waals surface area contributed by atoms with E-state index in [0.29, 0.717) is 11.4 Å². The Bertz CT molecular complexity index is 784. The van der Waals surface area contributed by atoms with Crippen molar-refractivity contribution in [2.45, 2.75) is 25.7 Å². The smallest absolute Gasteiger partial charge is 0.252 e. The van der Waals surface area contributed by atoms with Crippen LogP contribution < -0.4 is 10.1 Å². The molecule has 1 amide bonds. The molecule has 1 fully saturated rings. The van der Waals surface area contributed by atoms with Gasteiger partial charge >= 0.3 is 0 Å². The largest absolute Gasteiger partial charge is 0.439 e. The molecule has 0 bridgehead atoms. The van der Waals surface area contributed by atoms with Gasteiger partial charge in [-0.15, -0.1) is 0 Å². The molecule has 26 heavy (non-hydrogen) atoms. The summed E-state index contributed by atoms with van der Waals surface area (Å²) < 4.78 is 5.90. The number of benzene rings is 1. The SMILES string of the molecule is CNC(=O)c1ccc(Oc2ccc3c(c2)CCN(CC2CC2)CC3)nc1. The second-order valence-electron chi connectivity index (χ2n) is 7.24. The van der Waals surface area contributed by atoms with Crippen LogP contribution in [0.15, 0.2) is 36.5 Å². The van der Waals surface area contributed by atoms with Gasteiger partial charge in [-0.05, 0) is 60.9 Å². The summed E-state index contributed by atoms with van der Waals surface area (Å²) in [6.45, 7) is 3.55. The van der Waals surface area contributed by atoms with E-state index in [2.05, 4.69) is 27.3 Å². The Morgan fingerprint density at radius 2 is 2.00 bits per heavy atom. The lowest BCUT2D eigenvalue weighted by atomic mass is 10.0. The zero-order valence-electron chi connectivity index (χ0n) is 15.2. The summed E-state index contributed by atoms with van der Waals surface area (Å²) in [5.41, 5.74) is 3.33. The molecule has 2 heterocycles. The van der Waals surface area contributed by atoms with Crippen molar-refractivity contribution in [3.63, 3.8) is 0 Å². The van der Waals surface area contributed by atoms with Crippen LogP contribution in [0.3, 0.4) is 0 Å². The third kappa shape index (κ3) is 4.05. The van der Waals surface area contributed by atoms with Crippen LogP contribution in [0.2, 0.25) is 0 Å². The average molecular weight is 351 g/mol. The van der Waals surface area contributed by atoms with Gasteiger partial charge in [-0.2, -0.15) is 0 Å². The van der Waals surface area contributed by atoms with Gasteiger partial charge in [0.1, 0.15) is 5.75 Å². The number of aromatic nitrogens is 1. The molecule has 0 saturated heterocycles. The van der Waals surface area contributed by atoms with E-state index in [4.69, 9.17) is 4.74 Å². The number of amides is 1. The maximum Gasteiger partial charge on any atom is 0.252 e. The number of rotatable bonds is 5. The topological polar surface area (TPSA) is 54.5 Å². The molecule has 2 aliphatic rings. The zero-order chi connectivity index (χ0) is 17.9. The molecule has 136 valence electrons. The standard InChI is InChI=1S/C21H25N3O2/c1-22-21(25)18-5-7-20(23-13-18)26-19-6-4-16-8-10-24(14-15-2-3-15)11-9-17(16)12-19/h4-7,12-13,15H,2-3,8-11,14H2,1H3,(H,22,25). The first kappa shape index (κ1) is 17.0. The summed E-state index contributed by atoms with van der Waals surface area (Å²) in [7, 11) is 1.61. The highest BCUT2D eigenvalue weighted by Crippen LogP contribution is 2.31. The number of carbonyl (C=O) groups is 1. The Morgan fingerprint density at radius 3 is 2.69 bits per heavy atom. The van der Waals surface area contributed by atoms with Crippen molar-refractivity contribution in [1.82, 2.24) is 15.2 Å². The normalized spacial score (nSPS) is 17.3. The lowest BCUT2D eigenvalue weighted by Crippen LogP contribution is -2.28. The Labute approximate surface area is 154 Å². The average Bonchev–Trinajstić information content (AvgIpc) is 3.50. The van der Waals surface area contributed by atoms with Crippen molar-refractivity contribution in [2.24, 2.45) is 5.92 Å². The van der Waals surface area contributed by atoms with Crippen molar-refractivity contribution >= 4 is 5.91 Å². The van der Waals surface area contributed by atoms with Gasteiger partial charge in [0, 0.05) is 38.9 Å². The molecule has 1 aliphatic carbocycles. The van der Waals surface area contributed by atoms with Crippen LogP contribution in [0.5, 0.6) is 11.6 Å². The van der Waals surface area contributed by atoms with Crippen LogP contribution in [-0.2, 0) is 12.8 Å². The van der Waals surface area contributed by atoms with Crippen molar-refractivity contribution in [1.29, 1.82) is 0 Å². The Balaban J connectivity index is 1.42. The number of nitrogens with one attached hydrogen (secondary N) is 1. The minimum atomic E-state index is -0.148. The molecule has 0 unspecified atom stereocenters. The van der Waals surface area contributed by atoms with Crippen LogP contribution in [0, 0.1) is 5.92 Å². The molecule has 5 nitrogen and oxygen atoms in total. The second-order valence-corrected chi connectivity index (χ2v) is 7.24. The van der Waals surface area contributed by atoms with E-state index in [1.54, 1.807) is 19.2 Å². The molecule has 4 rings (SSSR count). The summed E-state index contributed by atoms with van der Waals surface area (Å²) in [5, 5.41) is 2.59. The van der Waals surface area contributed by atoms with Gasteiger partial charge in [-0.3, -0.25) is 4.79 Å². The number of hydrogen-bond acceptors (Lipinski definition) is 4. The molecule has 1 N–H and O–H groups in total. The molecule has 2 aromatic rings. The fraction of sp³-hybridized carbons (Fsp3) is 0.429. The van der Waals surface area contributed by atoms with Gasteiger partial charge in [0.2, 0.25) is 5.88 Å². The van der Waals surface area contributed by atoms with Gasteiger partial charge in [0.05, 0.1) is 5.56 Å². The highest BCUT2D eigenvalue weighted by Gasteiger charge is 2.25. The number of ether oxygens (including phenoxy) is 1. The lowest BCUT2D eigenvalue weighted by Gasteiger charge is -2.18. The molecule has 1 aromatic heterocycles. The fourth-order valence-electron chi connectivity index (χ4n) is 3.50. The van der Waals surface area contributed by atoms with Crippen molar-refractivity contribution < 1.29 is 9.53 Å². The monoisotopic (exact) mass is 351 g/mol. The fourth-order valence-corrected chi connectivity index (χ4v) is 3.50. The number of pyridine rings is 1. The first-order chi connectivity index (χ1) is 12.7.